The molecule has 0 aromatic rings. The van der Waals surface area contributed by atoms with Gasteiger partial charge in [0.2, 0.25) is 0 Å². The van der Waals surface area contributed by atoms with Crippen LogP contribution in [-0.2, 0) is 0 Å². The molecular formula is C15H29NO. The Hall–Kier alpha value is -0.0800. The summed E-state index contributed by atoms with van der Waals surface area (Å²) in [5.41, 5.74) is -0.387. The number of hydrogen-bond donors (Lipinski definition) is 2. The summed E-state index contributed by atoms with van der Waals surface area (Å²) in [6.07, 6.45) is 12.7. The van der Waals surface area contributed by atoms with Crippen LogP contribution < -0.4 is 5.32 Å². The van der Waals surface area contributed by atoms with Crippen LogP contribution in [0, 0.1) is 5.92 Å². The van der Waals surface area contributed by atoms with E-state index in [2.05, 4.69) is 12.2 Å². The molecule has 100 valence electrons. The summed E-state index contributed by atoms with van der Waals surface area (Å²) in [7, 11) is 0. The van der Waals surface area contributed by atoms with Gasteiger partial charge in [0.25, 0.3) is 0 Å². The Morgan fingerprint density at radius 1 is 1.12 bits per heavy atom. The molecule has 0 aromatic carbocycles. The standard InChI is InChI=1S/C15H29NO/c1-2-14(13-8-4-3-5-9-13)16-12-15(17)10-6-7-11-15/h13-14,16-17H,2-12H2,1H3. The lowest BCUT2D eigenvalue weighted by molar-refractivity contribution is 0.0412. The van der Waals surface area contributed by atoms with E-state index in [1.165, 1.54) is 51.4 Å². The normalized spacial score (nSPS) is 27.2. The van der Waals surface area contributed by atoms with E-state index in [-0.39, 0.29) is 5.60 Å². The van der Waals surface area contributed by atoms with E-state index >= 15 is 0 Å². The first-order valence-corrected chi connectivity index (χ1v) is 7.69. The fourth-order valence-electron chi connectivity index (χ4n) is 3.71. The first kappa shape index (κ1) is 13.4. The van der Waals surface area contributed by atoms with Crippen molar-refractivity contribution in [3.8, 4) is 0 Å². The van der Waals surface area contributed by atoms with Gasteiger partial charge in [0.1, 0.15) is 0 Å². The van der Waals surface area contributed by atoms with Gasteiger partial charge in [0.05, 0.1) is 5.60 Å². The highest BCUT2D eigenvalue weighted by molar-refractivity contribution is 4.89. The third kappa shape index (κ3) is 3.69. The quantitative estimate of drug-likeness (QED) is 0.772. The van der Waals surface area contributed by atoms with E-state index in [9.17, 15) is 5.11 Å². The van der Waals surface area contributed by atoms with Crippen LogP contribution in [0.5, 0.6) is 0 Å². The van der Waals surface area contributed by atoms with Gasteiger partial charge in [-0.25, -0.2) is 0 Å². The molecule has 0 heterocycles. The largest absolute Gasteiger partial charge is 0.389 e. The van der Waals surface area contributed by atoms with Crippen molar-refractivity contribution in [2.45, 2.75) is 82.8 Å². The predicted octanol–water partition coefficient (Wildman–Crippen LogP) is 3.24. The second kappa shape index (κ2) is 6.19. The molecular weight excluding hydrogens is 210 g/mol. The minimum atomic E-state index is -0.387. The van der Waals surface area contributed by atoms with E-state index in [4.69, 9.17) is 0 Å². The van der Waals surface area contributed by atoms with Crippen LogP contribution in [-0.4, -0.2) is 23.3 Å². The van der Waals surface area contributed by atoms with Crippen LogP contribution in [0.4, 0.5) is 0 Å². The van der Waals surface area contributed by atoms with Crippen molar-refractivity contribution in [1.82, 2.24) is 5.32 Å². The smallest absolute Gasteiger partial charge is 0.0771 e. The molecule has 0 aliphatic heterocycles. The van der Waals surface area contributed by atoms with E-state index in [0.717, 1.165) is 25.3 Å². The average molecular weight is 239 g/mol. The highest BCUT2D eigenvalue weighted by Crippen LogP contribution is 2.31. The predicted molar refractivity (Wildman–Crippen MR) is 72.1 cm³/mol. The van der Waals surface area contributed by atoms with Gasteiger partial charge in [-0.15, -0.1) is 0 Å². The Morgan fingerprint density at radius 2 is 1.76 bits per heavy atom. The molecule has 0 amide bonds. The molecule has 2 saturated carbocycles. The molecule has 2 aliphatic carbocycles. The summed E-state index contributed by atoms with van der Waals surface area (Å²) in [6, 6.07) is 0.639. The van der Waals surface area contributed by atoms with Gasteiger partial charge in [0, 0.05) is 12.6 Å². The summed E-state index contributed by atoms with van der Waals surface area (Å²) in [5.74, 6) is 0.860. The summed E-state index contributed by atoms with van der Waals surface area (Å²) in [4.78, 5) is 0. The Balaban J connectivity index is 1.78. The molecule has 0 aromatic heterocycles. The van der Waals surface area contributed by atoms with Crippen LogP contribution in [0.1, 0.15) is 71.1 Å². The highest BCUT2D eigenvalue weighted by atomic mass is 16.3. The third-order valence-electron chi connectivity index (χ3n) is 4.89. The third-order valence-corrected chi connectivity index (χ3v) is 4.89. The highest BCUT2D eigenvalue weighted by Gasteiger charge is 2.32. The zero-order valence-electron chi connectivity index (χ0n) is 11.4. The minimum Gasteiger partial charge on any atom is -0.389 e. The van der Waals surface area contributed by atoms with Crippen molar-refractivity contribution >= 4 is 0 Å². The van der Waals surface area contributed by atoms with Gasteiger partial charge >= 0.3 is 0 Å². The van der Waals surface area contributed by atoms with E-state index in [1.54, 1.807) is 0 Å². The Morgan fingerprint density at radius 3 is 2.35 bits per heavy atom. The maximum atomic E-state index is 10.4. The Labute approximate surface area is 106 Å². The number of aliphatic hydroxyl groups is 1. The zero-order chi connectivity index (χ0) is 12.1. The Bertz CT molecular complexity index is 217. The van der Waals surface area contributed by atoms with Crippen LogP contribution in [0.15, 0.2) is 0 Å². The van der Waals surface area contributed by atoms with E-state index in [0.29, 0.717) is 6.04 Å². The number of hydrogen-bond acceptors (Lipinski definition) is 2. The van der Waals surface area contributed by atoms with Gasteiger partial charge in [-0.2, -0.15) is 0 Å². The van der Waals surface area contributed by atoms with Gasteiger partial charge in [0.15, 0.2) is 0 Å². The zero-order valence-corrected chi connectivity index (χ0v) is 11.4. The summed E-state index contributed by atoms with van der Waals surface area (Å²) in [5, 5.41) is 14.0. The fourth-order valence-corrected chi connectivity index (χ4v) is 3.71. The fraction of sp³-hybridized carbons (Fsp3) is 1.00. The monoisotopic (exact) mass is 239 g/mol. The molecule has 1 unspecified atom stereocenters. The molecule has 0 radical (unpaired) electrons. The van der Waals surface area contributed by atoms with Crippen LogP contribution in [0.2, 0.25) is 0 Å². The Kier molecular flexibility index (Phi) is 4.87. The molecule has 0 bridgehead atoms. The number of rotatable bonds is 5. The van der Waals surface area contributed by atoms with E-state index in [1.807, 2.05) is 0 Å². The van der Waals surface area contributed by atoms with E-state index < -0.39 is 0 Å². The van der Waals surface area contributed by atoms with Gasteiger partial charge < -0.3 is 10.4 Å². The molecule has 2 aliphatic rings. The van der Waals surface area contributed by atoms with Crippen molar-refractivity contribution in [2.75, 3.05) is 6.54 Å². The maximum Gasteiger partial charge on any atom is 0.0771 e. The van der Waals surface area contributed by atoms with Crippen molar-refractivity contribution in [1.29, 1.82) is 0 Å². The first-order chi connectivity index (χ1) is 8.23. The van der Waals surface area contributed by atoms with Crippen LogP contribution in [0.25, 0.3) is 0 Å². The van der Waals surface area contributed by atoms with Crippen molar-refractivity contribution < 1.29 is 5.11 Å². The molecule has 1 atom stereocenters. The summed E-state index contributed by atoms with van der Waals surface area (Å²) < 4.78 is 0. The average Bonchev–Trinajstić information content (AvgIpc) is 2.79. The number of nitrogens with one attached hydrogen (secondary N) is 1. The lowest BCUT2D eigenvalue weighted by Crippen LogP contribution is -2.45. The molecule has 2 nitrogen and oxygen atoms in total. The van der Waals surface area contributed by atoms with Gasteiger partial charge in [-0.05, 0) is 38.0 Å². The molecule has 0 saturated heterocycles. The topological polar surface area (TPSA) is 32.3 Å². The van der Waals surface area contributed by atoms with Crippen molar-refractivity contribution in [3.05, 3.63) is 0 Å². The first-order valence-electron chi connectivity index (χ1n) is 7.69. The molecule has 2 N–H and O–H groups in total. The van der Waals surface area contributed by atoms with Crippen molar-refractivity contribution in [3.63, 3.8) is 0 Å². The second-order valence-electron chi connectivity index (χ2n) is 6.23. The molecule has 2 heteroatoms. The van der Waals surface area contributed by atoms with Crippen LogP contribution in [0.3, 0.4) is 0 Å². The van der Waals surface area contributed by atoms with Crippen LogP contribution >= 0.6 is 0 Å². The molecule has 17 heavy (non-hydrogen) atoms. The summed E-state index contributed by atoms with van der Waals surface area (Å²) in [6.45, 7) is 3.10. The SMILES string of the molecule is CCC(NCC1(O)CCCC1)C1CCCCC1. The minimum absolute atomic E-state index is 0.387. The lowest BCUT2D eigenvalue weighted by atomic mass is 9.82. The molecule has 0 spiro atoms. The van der Waals surface area contributed by atoms with Gasteiger partial charge in [-0.1, -0.05) is 39.0 Å². The molecule has 2 rings (SSSR count). The lowest BCUT2D eigenvalue weighted by Gasteiger charge is -2.33. The second-order valence-corrected chi connectivity index (χ2v) is 6.23. The molecule has 2 fully saturated rings. The maximum absolute atomic E-state index is 10.4. The van der Waals surface area contributed by atoms with Crippen molar-refractivity contribution in [2.24, 2.45) is 5.92 Å². The summed E-state index contributed by atoms with van der Waals surface area (Å²) >= 11 is 0. The van der Waals surface area contributed by atoms with Gasteiger partial charge in [-0.3, -0.25) is 0 Å².